The first kappa shape index (κ1) is 16.4. The van der Waals surface area contributed by atoms with Crippen LogP contribution in [0.2, 0.25) is 0 Å². The van der Waals surface area contributed by atoms with Crippen LogP contribution in [0.3, 0.4) is 0 Å². The molecule has 2 N–H and O–H groups in total. The highest BCUT2D eigenvalue weighted by molar-refractivity contribution is 7.88. The fourth-order valence-corrected chi connectivity index (χ4v) is 3.19. The second kappa shape index (κ2) is 7.85. The molecule has 1 amide bonds. The van der Waals surface area contributed by atoms with E-state index in [2.05, 4.69) is 17.0 Å². The molecule has 0 spiro atoms. The van der Waals surface area contributed by atoms with E-state index in [1.807, 2.05) is 0 Å². The first-order valence-corrected chi connectivity index (χ1v) is 9.05. The fraction of sp³-hybridized carbons (Fsp3) is 0.923. The second-order valence-corrected chi connectivity index (χ2v) is 7.23. The van der Waals surface area contributed by atoms with Crippen LogP contribution in [0.1, 0.15) is 51.9 Å². The Morgan fingerprint density at radius 3 is 2.42 bits per heavy atom. The van der Waals surface area contributed by atoms with Crippen molar-refractivity contribution < 1.29 is 13.2 Å². The molecule has 112 valence electrons. The number of hydrogen-bond acceptors (Lipinski definition) is 3. The molecular weight excluding hydrogens is 264 g/mol. The summed E-state index contributed by atoms with van der Waals surface area (Å²) >= 11 is 0. The summed E-state index contributed by atoms with van der Waals surface area (Å²) in [5, 5.41) is 3.05. The van der Waals surface area contributed by atoms with E-state index in [9.17, 15) is 13.2 Å². The summed E-state index contributed by atoms with van der Waals surface area (Å²) < 4.78 is 24.1. The standard InChI is InChI=1S/C13H26N2O3S/c1-3-12(11-7-5-4-6-8-11)15-13(16)9-10-14-19(2,17)18/h11-12,14H,3-10H2,1-2H3,(H,15,16)/t12-/m1/s1. The fourth-order valence-electron chi connectivity index (χ4n) is 2.72. The van der Waals surface area contributed by atoms with Crippen molar-refractivity contribution in [1.82, 2.24) is 10.0 Å². The molecule has 0 aromatic heterocycles. The summed E-state index contributed by atoms with van der Waals surface area (Å²) in [6, 6.07) is 0.242. The molecule has 6 heteroatoms. The van der Waals surface area contributed by atoms with Gasteiger partial charge >= 0.3 is 0 Å². The van der Waals surface area contributed by atoms with Crippen molar-refractivity contribution in [2.45, 2.75) is 57.9 Å². The van der Waals surface area contributed by atoms with Crippen LogP contribution in [0.5, 0.6) is 0 Å². The number of nitrogens with one attached hydrogen (secondary N) is 2. The van der Waals surface area contributed by atoms with E-state index >= 15 is 0 Å². The summed E-state index contributed by atoms with van der Waals surface area (Å²) in [5.74, 6) is 0.527. The maximum Gasteiger partial charge on any atom is 0.221 e. The second-order valence-electron chi connectivity index (χ2n) is 5.40. The van der Waals surface area contributed by atoms with Gasteiger partial charge in [0.2, 0.25) is 15.9 Å². The van der Waals surface area contributed by atoms with Gasteiger partial charge in [0.15, 0.2) is 0 Å². The van der Waals surface area contributed by atoms with Gasteiger partial charge in [-0.25, -0.2) is 13.1 Å². The van der Waals surface area contributed by atoms with Crippen LogP contribution in [0, 0.1) is 5.92 Å². The monoisotopic (exact) mass is 290 g/mol. The highest BCUT2D eigenvalue weighted by Crippen LogP contribution is 2.27. The van der Waals surface area contributed by atoms with Crippen molar-refractivity contribution in [1.29, 1.82) is 0 Å². The van der Waals surface area contributed by atoms with E-state index in [1.54, 1.807) is 0 Å². The summed E-state index contributed by atoms with van der Waals surface area (Å²) in [4.78, 5) is 11.8. The van der Waals surface area contributed by atoms with Crippen molar-refractivity contribution in [2.24, 2.45) is 5.92 Å². The number of carbonyl (C=O) groups is 1. The smallest absolute Gasteiger partial charge is 0.221 e. The van der Waals surface area contributed by atoms with E-state index in [4.69, 9.17) is 0 Å². The maximum absolute atomic E-state index is 11.8. The third kappa shape index (κ3) is 6.92. The van der Waals surface area contributed by atoms with Crippen LogP contribution in [-0.2, 0) is 14.8 Å². The van der Waals surface area contributed by atoms with Gasteiger partial charge in [-0.15, -0.1) is 0 Å². The van der Waals surface area contributed by atoms with Crippen molar-refractivity contribution in [2.75, 3.05) is 12.8 Å². The summed E-state index contributed by atoms with van der Waals surface area (Å²) in [6.45, 7) is 2.26. The van der Waals surface area contributed by atoms with E-state index < -0.39 is 10.0 Å². The van der Waals surface area contributed by atoms with Crippen LogP contribution in [0.15, 0.2) is 0 Å². The van der Waals surface area contributed by atoms with Gasteiger partial charge in [0.05, 0.1) is 6.26 Å². The average Bonchev–Trinajstić information content (AvgIpc) is 2.35. The molecule has 0 aromatic carbocycles. The lowest BCUT2D eigenvalue weighted by molar-refractivity contribution is -0.122. The topological polar surface area (TPSA) is 75.3 Å². The van der Waals surface area contributed by atoms with Crippen LogP contribution in [-0.4, -0.2) is 33.2 Å². The van der Waals surface area contributed by atoms with Crippen LogP contribution in [0.25, 0.3) is 0 Å². The van der Waals surface area contributed by atoms with Crippen molar-refractivity contribution >= 4 is 15.9 Å². The first-order chi connectivity index (χ1) is 8.92. The minimum Gasteiger partial charge on any atom is -0.353 e. The molecular formula is C13H26N2O3S. The van der Waals surface area contributed by atoms with Gasteiger partial charge in [-0.1, -0.05) is 26.2 Å². The lowest BCUT2D eigenvalue weighted by atomic mass is 9.83. The zero-order valence-electron chi connectivity index (χ0n) is 11.9. The predicted molar refractivity (Wildman–Crippen MR) is 76.3 cm³/mol. The molecule has 0 aromatic rings. The minimum absolute atomic E-state index is 0.0615. The molecule has 0 unspecified atom stereocenters. The molecule has 1 fully saturated rings. The Morgan fingerprint density at radius 2 is 1.89 bits per heavy atom. The van der Waals surface area contributed by atoms with Gasteiger partial charge in [0.25, 0.3) is 0 Å². The molecule has 0 saturated heterocycles. The third-order valence-corrected chi connectivity index (χ3v) is 4.45. The Kier molecular flexibility index (Phi) is 6.79. The Labute approximate surface area is 116 Å². The molecule has 19 heavy (non-hydrogen) atoms. The summed E-state index contributed by atoms with van der Waals surface area (Å²) in [5.41, 5.74) is 0. The number of sulfonamides is 1. The lowest BCUT2D eigenvalue weighted by Gasteiger charge is -2.30. The number of amides is 1. The number of hydrogen-bond donors (Lipinski definition) is 2. The van der Waals surface area contributed by atoms with Gasteiger partial charge in [-0.05, 0) is 25.2 Å². The van der Waals surface area contributed by atoms with E-state index in [1.165, 1.54) is 32.1 Å². The molecule has 1 rings (SSSR count). The van der Waals surface area contributed by atoms with Gasteiger partial charge in [-0.3, -0.25) is 4.79 Å². The summed E-state index contributed by atoms with van der Waals surface area (Å²) in [6.07, 6.45) is 8.45. The average molecular weight is 290 g/mol. The van der Waals surface area contributed by atoms with E-state index in [-0.39, 0.29) is 24.9 Å². The molecule has 1 atom stereocenters. The molecule has 1 aliphatic rings. The molecule has 1 aliphatic carbocycles. The maximum atomic E-state index is 11.8. The Bertz CT molecular complexity index is 375. The first-order valence-electron chi connectivity index (χ1n) is 7.16. The Hall–Kier alpha value is -0.620. The van der Waals surface area contributed by atoms with Gasteiger partial charge in [0.1, 0.15) is 0 Å². The third-order valence-electron chi connectivity index (χ3n) is 3.72. The molecule has 0 heterocycles. The Balaban J connectivity index is 2.32. The predicted octanol–water partition coefficient (Wildman–Crippen LogP) is 1.40. The Morgan fingerprint density at radius 1 is 1.26 bits per heavy atom. The van der Waals surface area contributed by atoms with Crippen LogP contribution < -0.4 is 10.0 Å². The quantitative estimate of drug-likeness (QED) is 0.744. The van der Waals surface area contributed by atoms with Gasteiger partial charge < -0.3 is 5.32 Å². The SMILES string of the molecule is CC[C@@H](NC(=O)CCNS(C)(=O)=O)C1CCCCC1. The van der Waals surface area contributed by atoms with E-state index in [0.29, 0.717) is 5.92 Å². The van der Waals surface area contributed by atoms with Crippen molar-refractivity contribution in [3.63, 3.8) is 0 Å². The number of rotatable bonds is 7. The molecule has 0 aliphatic heterocycles. The molecule has 0 bridgehead atoms. The highest BCUT2D eigenvalue weighted by atomic mass is 32.2. The van der Waals surface area contributed by atoms with Crippen LogP contribution >= 0.6 is 0 Å². The normalized spacial score (nSPS) is 19.1. The van der Waals surface area contributed by atoms with Crippen molar-refractivity contribution in [3.05, 3.63) is 0 Å². The van der Waals surface area contributed by atoms with Crippen LogP contribution in [0.4, 0.5) is 0 Å². The van der Waals surface area contributed by atoms with Crippen molar-refractivity contribution in [3.8, 4) is 0 Å². The van der Waals surface area contributed by atoms with E-state index in [0.717, 1.165) is 12.7 Å². The molecule has 5 nitrogen and oxygen atoms in total. The number of carbonyl (C=O) groups excluding carboxylic acids is 1. The zero-order chi connectivity index (χ0) is 14.3. The summed E-state index contributed by atoms with van der Waals surface area (Å²) in [7, 11) is -3.20. The molecule has 1 saturated carbocycles. The minimum atomic E-state index is -3.20. The zero-order valence-corrected chi connectivity index (χ0v) is 12.8. The van der Waals surface area contributed by atoms with Gasteiger partial charge in [0, 0.05) is 19.0 Å². The lowest BCUT2D eigenvalue weighted by Crippen LogP contribution is -2.41. The van der Waals surface area contributed by atoms with Gasteiger partial charge in [-0.2, -0.15) is 0 Å². The highest BCUT2D eigenvalue weighted by Gasteiger charge is 2.23. The molecule has 0 radical (unpaired) electrons. The largest absolute Gasteiger partial charge is 0.353 e.